The van der Waals surface area contributed by atoms with Crippen LogP contribution in [0.5, 0.6) is 0 Å². The summed E-state index contributed by atoms with van der Waals surface area (Å²) >= 11 is 0. The summed E-state index contributed by atoms with van der Waals surface area (Å²) in [5.74, 6) is -0.333. The van der Waals surface area contributed by atoms with Gasteiger partial charge in [0, 0.05) is 17.8 Å². The smallest absolute Gasteiger partial charge is 0.356 e. The van der Waals surface area contributed by atoms with E-state index >= 15 is 0 Å². The molecule has 0 fully saturated rings. The number of hydrogen-bond donors (Lipinski definition) is 1. The molecule has 0 saturated heterocycles. The van der Waals surface area contributed by atoms with Crippen LogP contribution < -0.4 is 0 Å². The third-order valence-electron chi connectivity index (χ3n) is 2.92. The minimum atomic E-state index is -1.04. The van der Waals surface area contributed by atoms with Crippen LogP contribution in [0.15, 0.2) is 42.6 Å². The van der Waals surface area contributed by atoms with Crippen molar-refractivity contribution in [3.05, 3.63) is 54.1 Å². The highest BCUT2D eigenvalue weighted by Gasteiger charge is 2.12. The lowest BCUT2D eigenvalue weighted by Gasteiger charge is -2.04. The van der Waals surface area contributed by atoms with E-state index in [2.05, 4.69) is 9.97 Å². The van der Waals surface area contributed by atoms with Gasteiger partial charge < -0.3 is 5.11 Å². The summed E-state index contributed by atoms with van der Waals surface area (Å²) < 4.78 is 1.68. The van der Waals surface area contributed by atoms with Crippen molar-refractivity contribution < 1.29 is 9.90 Å². The summed E-state index contributed by atoms with van der Waals surface area (Å²) in [6, 6.07) is 11.5. The first-order chi connectivity index (χ1) is 9.15. The molecule has 19 heavy (non-hydrogen) atoms. The molecule has 0 saturated carbocycles. The minimum Gasteiger partial charge on any atom is -0.476 e. The summed E-state index contributed by atoms with van der Waals surface area (Å²) in [4.78, 5) is 19.5. The van der Waals surface area contributed by atoms with Crippen molar-refractivity contribution in [3.8, 4) is 11.3 Å². The number of benzene rings is 1. The number of aryl methyl sites for hydroxylation is 1. The highest BCUT2D eigenvalue weighted by Crippen LogP contribution is 2.19. The maximum absolute atomic E-state index is 10.9. The summed E-state index contributed by atoms with van der Waals surface area (Å²) in [5, 5.41) is 8.97. The number of rotatable bonds is 2. The topological polar surface area (TPSA) is 67.5 Å². The van der Waals surface area contributed by atoms with E-state index in [1.165, 1.54) is 6.20 Å². The Bertz CT molecular complexity index is 763. The lowest BCUT2D eigenvalue weighted by molar-refractivity contribution is 0.0691. The van der Waals surface area contributed by atoms with Gasteiger partial charge in [-0.2, -0.15) is 0 Å². The first-order valence-electron chi connectivity index (χ1n) is 5.80. The van der Waals surface area contributed by atoms with Gasteiger partial charge in [-0.3, -0.25) is 4.40 Å². The molecule has 3 aromatic rings. The fourth-order valence-electron chi connectivity index (χ4n) is 2.00. The molecule has 3 rings (SSSR count). The van der Waals surface area contributed by atoms with Crippen LogP contribution in [0.4, 0.5) is 0 Å². The second-order valence-electron chi connectivity index (χ2n) is 4.21. The van der Waals surface area contributed by atoms with Crippen molar-refractivity contribution in [2.45, 2.75) is 6.92 Å². The van der Waals surface area contributed by atoms with Gasteiger partial charge in [0.05, 0.1) is 5.69 Å². The number of fused-ring (bicyclic) bond motifs is 1. The van der Waals surface area contributed by atoms with Crippen LogP contribution in [0.25, 0.3) is 16.9 Å². The molecule has 0 atom stereocenters. The normalized spacial score (nSPS) is 10.8. The quantitative estimate of drug-likeness (QED) is 0.761. The molecule has 0 amide bonds. The van der Waals surface area contributed by atoms with Crippen LogP contribution in [-0.2, 0) is 0 Å². The average Bonchev–Trinajstić information content (AvgIpc) is 2.84. The maximum Gasteiger partial charge on any atom is 0.356 e. The lowest BCUT2D eigenvalue weighted by Crippen LogP contribution is -1.96. The van der Waals surface area contributed by atoms with E-state index in [-0.39, 0.29) is 5.69 Å². The number of carboxylic acids is 1. The Hall–Kier alpha value is -2.69. The second-order valence-corrected chi connectivity index (χ2v) is 4.21. The van der Waals surface area contributed by atoms with Crippen molar-refractivity contribution >= 4 is 11.6 Å². The molecule has 5 nitrogen and oxygen atoms in total. The fraction of sp³-hybridized carbons (Fsp3) is 0.0714. The molecule has 2 aromatic heterocycles. The van der Waals surface area contributed by atoms with Crippen LogP contribution in [0.3, 0.4) is 0 Å². The Labute approximate surface area is 109 Å². The first-order valence-corrected chi connectivity index (χ1v) is 5.80. The summed E-state index contributed by atoms with van der Waals surface area (Å²) in [6.07, 6.45) is 1.48. The van der Waals surface area contributed by atoms with E-state index in [4.69, 9.17) is 5.11 Å². The monoisotopic (exact) mass is 253 g/mol. The Morgan fingerprint density at radius 1 is 1.21 bits per heavy atom. The van der Waals surface area contributed by atoms with Gasteiger partial charge in [0.25, 0.3) is 0 Å². The van der Waals surface area contributed by atoms with Crippen LogP contribution in [0.1, 0.15) is 16.3 Å². The molecule has 1 N–H and O–H groups in total. The van der Waals surface area contributed by atoms with Crippen molar-refractivity contribution in [1.29, 1.82) is 0 Å². The number of nitrogens with zero attached hydrogens (tertiary/aromatic N) is 3. The van der Waals surface area contributed by atoms with Crippen LogP contribution in [0.2, 0.25) is 0 Å². The predicted octanol–water partition coefficient (Wildman–Crippen LogP) is 2.40. The van der Waals surface area contributed by atoms with Gasteiger partial charge in [-0.1, -0.05) is 30.3 Å². The van der Waals surface area contributed by atoms with Gasteiger partial charge in [0.2, 0.25) is 0 Å². The zero-order valence-corrected chi connectivity index (χ0v) is 10.2. The number of hydrogen-bond acceptors (Lipinski definition) is 3. The number of aromatic nitrogens is 3. The van der Waals surface area contributed by atoms with Crippen molar-refractivity contribution in [2.75, 3.05) is 0 Å². The van der Waals surface area contributed by atoms with Crippen LogP contribution in [0, 0.1) is 6.92 Å². The SMILES string of the molecule is Cc1nc(-c2ccccc2)cc2nc(C(=O)O)cn12. The molecule has 0 unspecified atom stereocenters. The second kappa shape index (κ2) is 4.20. The molecular formula is C14H11N3O2. The third kappa shape index (κ3) is 1.95. The predicted molar refractivity (Wildman–Crippen MR) is 70.1 cm³/mol. The van der Waals surface area contributed by atoms with Crippen molar-refractivity contribution in [1.82, 2.24) is 14.4 Å². The van der Waals surface area contributed by atoms with E-state index in [9.17, 15) is 4.79 Å². The van der Waals surface area contributed by atoms with Gasteiger partial charge in [-0.25, -0.2) is 14.8 Å². The molecule has 0 radical (unpaired) electrons. The van der Waals surface area contributed by atoms with E-state index in [1.54, 1.807) is 10.5 Å². The van der Waals surface area contributed by atoms with Gasteiger partial charge in [-0.05, 0) is 6.92 Å². The Kier molecular flexibility index (Phi) is 2.52. The van der Waals surface area contributed by atoms with E-state index in [0.29, 0.717) is 11.5 Å². The van der Waals surface area contributed by atoms with Crippen LogP contribution in [-0.4, -0.2) is 25.4 Å². The highest BCUT2D eigenvalue weighted by molar-refractivity contribution is 5.86. The molecule has 94 valence electrons. The number of carboxylic acid groups (broad SMARTS) is 1. The van der Waals surface area contributed by atoms with Crippen LogP contribution >= 0.6 is 0 Å². The third-order valence-corrected chi connectivity index (χ3v) is 2.92. The van der Waals surface area contributed by atoms with Gasteiger partial charge in [-0.15, -0.1) is 0 Å². The van der Waals surface area contributed by atoms with E-state index in [0.717, 1.165) is 11.3 Å². The Morgan fingerprint density at radius 3 is 2.63 bits per heavy atom. The van der Waals surface area contributed by atoms with Gasteiger partial charge in [0.15, 0.2) is 5.69 Å². The van der Waals surface area contributed by atoms with E-state index in [1.807, 2.05) is 37.3 Å². The number of carbonyl (C=O) groups is 1. The largest absolute Gasteiger partial charge is 0.476 e. The molecule has 0 bridgehead atoms. The molecule has 1 aromatic carbocycles. The van der Waals surface area contributed by atoms with E-state index < -0.39 is 5.97 Å². The summed E-state index contributed by atoms with van der Waals surface area (Å²) in [7, 11) is 0. The first kappa shape index (κ1) is 11.4. The molecule has 0 aliphatic carbocycles. The zero-order chi connectivity index (χ0) is 13.4. The molecule has 0 aliphatic rings. The molecule has 5 heteroatoms. The average molecular weight is 253 g/mol. The summed E-state index contributed by atoms with van der Waals surface area (Å²) in [6.45, 7) is 1.83. The molecule has 0 spiro atoms. The number of aromatic carboxylic acids is 1. The standard InChI is InChI=1S/C14H11N3O2/c1-9-15-11(10-5-3-2-4-6-10)7-13-16-12(14(18)19)8-17(9)13/h2-8H,1H3,(H,18,19). The Balaban J connectivity index is 2.22. The zero-order valence-electron chi connectivity index (χ0n) is 10.2. The fourth-order valence-corrected chi connectivity index (χ4v) is 2.00. The number of imidazole rings is 1. The molecule has 0 aliphatic heterocycles. The Morgan fingerprint density at radius 2 is 1.95 bits per heavy atom. The van der Waals surface area contributed by atoms with Gasteiger partial charge >= 0.3 is 5.97 Å². The lowest BCUT2D eigenvalue weighted by atomic mass is 10.1. The van der Waals surface area contributed by atoms with Crippen molar-refractivity contribution in [3.63, 3.8) is 0 Å². The van der Waals surface area contributed by atoms with Gasteiger partial charge in [0.1, 0.15) is 11.5 Å². The highest BCUT2D eigenvalue weighted by atomic mass is 16.4. The molecular weight excluding hydrogens is 242 g/mol. The minimum absolute atomic E-state index is 0.0233. The summed E-state index contributed by atoms with van der Waals surface area (Å²) in [5.41, 5.74) is 2.37. The maximum atomic E-state index is 10.9. The van der Waals surface area contributed by atoms with Crippen molar-refractivity contribution in [2.24, 2.45) is 0 Å². The molecule has 2 heterocycles.